The number of nitrogens with one attached hydrogen (secondary N) is 1. The largest absolute Gasteiger partial charge is 0.307 e. The molecule has 5 heteroatoms. The lowest BCUT2D eigenvalue weighted by atomic mass is 10.0. The van der Waals surface area contributed by atoms with Gasteiger partial charge in [0.2, 0.25) is 0 Å². The predicted octanol–water partition coefficient (Wildman–Crippen LogP) is 2.48. The first-order valence-electron chi connectivity index (χ1n) is 4.57. The minimum Gasteiger partial charge on any atom is -0.307 e. The third-order valence-corrected chi connectivity index (χ3v) is 2.67. The Labute approximate surface area is 98.3 Å². The van der Waals surface area contributed by atoms with Crippen molar-refractivity contribution in [2.45, 2.75) is 25.3 Å². The molecule has 1 atom stereocenters. The van der Waals surface area contributed by atoms with Crippen molar-refractivity contribution in [2.24, 2.45) is 0 Å². The molecule has 0 bridgehead atoms. The van der Waals surface area contributed by atoms with Crippen LogP contribution in [-0.2, 0) is 0 Å². The SMILES string of the molecule is Brc1cnc(C2CCCCN2)nc1.Cl. The fourth-order valence-electron chi connectivity index (χ4n) is 1.57. The summed E-state index contributed by atoms with van der Waals surface area (Å²) in [6, 6.07) is 0.363. The van der Waals surface area contributed by atoms with Gasteiger partial charge < -0.3 is 5.32 Å². The van der Waals surface area contributed by atoms with E-state index in [1.807, 2.05) is 0 Å². The summed E-state index contributed by atoms with van der Waals surface area (Å²) in [6.07, 6.45) is 7.31. The zero-order valence-electron chi connectivity index (χ0n) is 7.74. The van der Waals surface area contributed by atoms with Crippen LogP contribution in [0.2, 0.25) is 0 Å². The third-order valence-electron chi connectivity index (χ3n) is 2.26. The number of hydrogen-bond acceptors (Lipinski definition) is 3. The summed E-state index contributed by atoms with van der Waals surface area (Å²) in [5, 5.41) is 3.41. The fourth-order valence-corrected chi connectivity index (χ4v) is 1.78. The Morgan fingerprint density at radius 1 is 1.29 bits per heavy atom. The van der Waals surface area contributed by atoms with Crippen molar-refractivity contribution >= 4 is 28.3 Å². The first kappa shape index (κ1) is 11.9. The second-order valence-electron chi connectivity index (χ2n) is 3.26. The molecule has 2 rings (SSSR count). The van der Waals surface area contributed by atoms with Gasteiger partial charge in [-0.2, -0.15) is 0 Å². The fraction of sp³-hybridized carbons (Fsp3) is 0.556. The Bertz CT molecular complexity index is 272. The number of halogens is 2. The monoisotopic (exact) mass is 277 g/mol. The second kappa shape index (κ2) is 5.63. The highest BCUT2D eigenvalue weighted by Gasteiger charge is 2.16. The lowest BCUT2D eigenvalue weighted by Gasteiger charge is -2.21. The van der Waals surface area contributed by atoms with Gasteiger partial charge in [-0.3, -0.25) is 0 Å². The summed E-state index contributed by atoms with van der Waals surface area (Å²) in [5.74, 6) is 0.919. The van der Waals surface area contributed by atoms with Gasteiger partial charge >= 0.3 is 0 Å². The van der Waals surface area contributed by atoms with Crippen LogP contribution in [0.1, 0.15) is 31.1 Å². The zero-order chi connectivity index (χ0) is 9.10. The Hall–Kier alpha value is -0.190. The molecular weight excluding hydrogens is 265 g/mol. The Morgan fingerprint density at radius 2 is 2.00 bits per heavy atom. The maximum absolute atomic E-state index is 4.28. The first-order valence-corrected chi connectivity index (χ1v) is 5.36. The smallest absolute Gasteiger partial charge is 0.145 e. The van der Waals surface area contributed by atoms with E-state index >= 15 is 0 Å². The summed E-state index contributed by atoms with van der Waals surface area (Å²) >= 11 is 3.32. The van der Waals surface area contributed by atoms with E-state index in [-0.39, 0.29) is 12.4 Å². The van der Waals surface area contributed by atoms with Crippen LogP contribution in [0.15, 0.2) is 16.9 Å². The molecule has 1 unspecified atom stereocenters. The van der Waals surface area contributed by atoms with Gasteiger partial charge in [-0.15, -0.1) is 12.4 Å². The van der Waals surface area contributed by atoms with Crippen LogP contribution < -0.4 is 5.32 Å². The van der Waals surface area contributed by atoms with E-state index in [4.69, 9.17) is 0 Å². The molecule has 1 aliphatic rings. The first-order chi connectivity index (χ1) is 6.36. The molecule has 3 nitrogen and oxygen atoms in total. The topological polar surface area (TPSA) is 37.8 Å². The van der Waals surface area contributed by atoms with E-state index in [0.717, 1.165) is 23.3 Å². The van der Waals surface area contributed by atoms with E-state index in [1.165, 1.54) is 12.8 Å². The van der Waals surface area contributed by atoms with E-state index in [2.05, 4.69) is 31.2 Å². The lowest BCUT2D eigenvalue weighted by Crippen LogP contribution is -2.28. The van der Waals surface area contributed by atoms with Crippen LogP contribution in [0.25, 0.3) is 0 Å². The van der Waals surface area contributed by atoms with Gasteiger partial charge in [0.25, 0.3) is 0 Å². The molecule has 1 aliphatic heterocycles. The minimum atomic E-state index is 0. The summed E-state index contributed by atoms with van der Waals surface area (Å²) in [4.78, 5) is 8.56. The van der Waals surface area contributed by atoms with Gasteiger partial charge in [0, 0.05) is 12.4 Å². The molecule has 0 aliphatic carbocycles. The zero-order valence-corrected chi connectivity index (χ0v) is 10.1. The molecule has 1 aromatic rings. The van der Waals surface area contributed by atoms with Crippen molar-refractivity contribution in [3.05, 3.63) is 22.7 Å². The van der Waals surface area contributed by atoms with E-state index in [0.29, 0.717) is 6.04 Å². The molecule has 1 aromatic heterocycles. The van der Waals surface area contributed by atoms with Crippen LogP contribution in [0.4, 0.5) is 0 Å². The van der Waals surface area contributed by atoms with Crippen LogP contribution in [-0.4, -0.2) is 16.5 Å². The van der Waals surface area contributed by atoms with Crippen molar-refractivity contribution in [3.8, 4) is 0 Å². The average Bonchev–Trinajstić information content (AvgIpc) is 2.20. The number of aromatic nitrogens is 2. The molecule has 0 amide bonds. The standard InChI is InChI=1S/C9H12BrN3.ClH/c10-7-5-12-9(13-6-7)8-3-1-2-4-11-8;/h5-6,8,11H,1-4H2;1H. The summed E-state index contributed by atoms with van der Waals surface area (Å²) in [6.45, 7) is 1.09. The highest BCUT2D eigenvalue weighted by atomic mass is 79.9. The Morgan fingerprint density at radius 3 is 2.57 bits per heavy atom. The Kier molecular flexibility index (Phi) is 4.78. The lowest BCUT2D eigenvalue weighted by molar-refractivity contribution is 0.397. The third kappa shape index (κ3) is 2.90. The molecule has 0 spiro atoms. The van der Waals surface area contributed by atoms with Gasteiger partial charge in [0.05, 0.1) is 10.5 Å². The van der Waals surface area contributed by atoms with Gasteiger partial charge in [0.1, 0.15) is 5.82 Å². The van der Waals surface area contributed by atoms with Crippen molar-refractivity contribution in [1.29, 1.82) is 0 Å². The number of hydrogen-bond donors (Lipinski definition) is 1. The van der Waals surface area contributed by atoms with Crippen molar-refractivity contribution in [2.75, 3.05) is 6.54 Å². The molecule has 1 saturated heterocycles. The molecule has 2 heterocycles. The molecule has 0 saturated carbocycles. The van der Waals surface area contributed by atoms with E-state index in [1.54, 1.807) is 12.4 Å². The van der Waals surface area contributed by atoms with Gasteiger partial charge in [0.15, 0.2) is 0 Å². The Balaban J connectivity index is 0.000000980. The van der Waals surface area contributed by atoms with Crippen molar-refractivity contribution in [1.82, 2.24) is 15.3 Å². The van der Waals surface area contributed by atoms with E-state index < -0.39 is 0 Å². The number of piperidine rings is 1. The molecule has 78 valence electrons. The van der Waals surface area contributed by atoms with Crippen molar-refractivity contribution < 1.29 is 0 Å². The summed E-state index contributed by atoms with van der Waals surface area (Å²) in [5.41, 5.74) is 0. The molecule has 1 fully saturated rings. The van der Waals surface area contributed by atoms with Crippen LogP contribution in [0.3, 0.4) is 0 Å². The quantitative estimate of drug-likeness (QED) is 0.857. The van der Waals surface area contributed by atoms with E-state index in [9.17, 15) is 0 Å². The minimum absolute atomic E-state index is 0. The van der Waals surface area contributed by atoms with Gasteiger partial charge in [-0.25, -0.2) is 9.97 Å². The number of nitrogens with zero attached hydrogens (tertiary/aromatic N) is 2. The highest BCUT2D eigenvalue weighted by molar-refractivity contribution is 9.10. The molecule has 14 heavy (non-hydrogen) atoms. The average molecular weight is 279 g/mol. The maximum atomic E-state index is 4.28. The molecule has 1 N–H and O–H groups in total. The van der Waals surface area contributed by atoms with Crippen LogP contribution in [0, 0.1) is 0 Å². The van der Waals surface area contributed by atoms with Crippen molar-refractivity contribution in [3.63, 3.8) is 0 Å². The van der Waals surface area contributed by atoms with Crippen LogP contribution in [0.5, 0.6) is 0 Å². The maximum Gasteiger partial charge on any atom is 0.145 e. The summed E-state index contributed by atoms with van der Waals surface area (Å²) < 4.78 is 0.937. The normalized spacial score (nSPS) is 21.4. The van der Waals surface area contributed by atoms with Crippen LogP contribution >= 0.6 is 28.3 Å². The second-order valence-corrected chi connectivity index (χ2v) is 4.18. The molecular formula is C9H13BrClN3. The van der Waals surface area contributed by atoms with Gasteiger partial charge in [-0.1, -0.05) is 6.42 Å². The number of rotatable bonds is 1. The molecule has 0 aromatic carbocycles. The predicted molar refractivity (Wildman–Crippen MR) is 61.6 cm³/mol. The molecule has 0 radical (unpaired) electrons. The van der Waals surface area contributed by atoms with Gasteiger partial charge in [-0.05, 0) is 35.3 Å². The highest BCUT2D eigenvalue weighted by Crippen LogP contribution is 2.19. The summed E-state index contributed by atoms with van der Waals surface area (Å²) in [7, 11) is 0.